The van der Waals surface area contributed by atoms with E-state index in [9.17, 15) is 0 Å². The SMILES string of the molecule is NCCC1CCCN(c2ccc3nccnc3n2)C1. The van der Waals surface area contributed by atoms with Crippen LogP contribution in [0, 0.1) is 5.92 Å². The molecule has 100 valence electrons. The number of hydrogen-bond acceptors (Lipinski definition) is 5. The molecule has 0 saturated carbocycles. The lowest BCUT2D eigenvalue weighted by atomic mass is 9.95. The summed E-state index contributed by atoms with van der Waals surface area (Å²) < 4.78 is 0. The molecule has 1 unspecified atom stereocenters. The van der Waals surface area contributed by atoms with Gasteiger partial charge in [-0.25, -0.2) is 9.97 Å². The van der Waals surface area contributed by atoms with Gasteiger partial charge in [0.25, 0.3) is 0 Å². The van der Waals surface area contributed by atoms with Crippen LogP contribution in [0.2, 0.25) is 0 Å². The van der Waals surface area contributed by atoms with Crippen LogP contribution < -0.4 is 10.6 Å². The number of fused-ring (bicyclic) bond motifs is 1. The van der Waals surface area contributed by atoms with Gasteiger partial charge in [0.1, 0.15) is 11.3 Å². The van der Waals surface area contributed by atoms with Crippen molar-refractivity contribution in [3.05, 3.63) is 24.5 Å². The first-order valence-corrected chi connectivity index (χ1v) is 6.89. The lowest BCUT2D eigenvalue weighted by molar-refractivity contribution is 0.394. The normalized spacial score (nSPS) is 19.8. The Morgan fingerprint density at radius 2 is 2.16 bits per heavy atom. The van der Waals surface area contributed by atoms with Gasteiger partial charge in [-0.1, -0.05) is 0 Å². The predicted octanol–water partition coefficient (Wildman–Crippen LogP) is 1.59. The van der Waals surface area contributed by atoms with Crippen molar-refractivity contribution < 1.29 is 0 Å². The van der Waals surface area contributed by atoms with E-state index in [0.29, 0.717) is 5.92 Å². The van der Waals surface area contributed by atoms with Gasteiger partial charge in [-0.2, -0.15) is 0 Å². The van der Waals surface area contributed by atoms with Crippen LogP contribution in [0.1, 0.15) is 19.3 Å². The highest BCUT2D eigenvalue weighted by Gasteiger charge is 2.20. The molecule has 3 rings (SSSR count). The van der Waals surface area contributed by atoms with E-state index in [1.165, 1.54) is 12.8 Å². The van der Waals surface area contributed by atoms with Crippen molar-refractivity contribution >= 4 is 17.0 Å². The second kappa shape index (κ2) is 5.48. The van der Waals surface area contributed by atoms with Crippen molar-refractivity contribution in [3.8, 4) is 0 Å². The Balaban J connectivity index is 1.83. The number of nitrogens with zero attached hydrogens (tertiary/aromatic N) is 4. The zero-order valence-corrected chi connectivity index (χ0v) is 11.0. The second-order valence-corrected chi connectivity index (χ2v) is 5.10. The van der Waals surface area contributed by atoms with E-state index in [0.717, 1.165) is 43.0 Å². The van der Waals surface area contributed by atoms with E-state index in [4.69, 9.17) is 5.73 Å². The fourth-order valence-electron chi connectivity index (χ4n) is 2.76. The van der Waals surface area contributed by atoms with Gasteiger partial charge in [-0.05, 0) is 43.9 Å². The van der Waals surface area contributed by atoms with Crippen molar-refractivity contribution in [1.82, 2.24) is 15.0 Å². The number of pyridine rings is 1. The highest BCUT2D eigenvalue weighted by molar-refractivity contribution is 5.71. The summed E-state index contributed by atoms with van der Waals surface area (Å²) in [5.41, 5.74) is 7.24. The van der Waals surface area contributed by atoms with Crippen LogP contribution in [0.3, 0.4) is 0 Å². The summed E-state index contributed by atoms with van der Waals surface area (Å²) in [6.07, 6.45) is 6.98. The highest BCUT2D eigenvalue weighted by atomic mass is 15.2. The predicted molar refractivity (Wildman–Crippen MR) is 75.9 cm³/mol. The van der Waals surface area contributed by atoms with Gasteiger partial charge >= 0.3 is 0 Å². The van der Waals surface area contributed by atoms with Gasteiger partial charge in [0.15, 0.2) is 5.65 Å². The fourth-order valence-corrected chi connectivity index (χ4v) is 2.76. The number of nitrogens with two attached hydrogens (primary N) is 1. The number of rotatable bonds is 3. The second-order valence-electron chi connectivity index (χ2n) is 5.10. The highest BCUT2D eigenvalue weighted by Crippen LogP contribution is 2.24. The van der Waals surface area contributed by atoms with E-state index in [-0.39, 0.29) is 0 Å². The molecule has 0 spiro atoms. The molecule has 2 aromatic rings. The van der Waals surface area contributed by atoms with Crippen LogP contribution in [0.4, 0.5) is 5.82 Å². The third-order valence-corrected chi connectivity index (χ3v) is 3.73. The minimum absolute atomic E-state index is 0.693. The number of aromatic nitrogens is 3. The molecule has 5 nitrogen and oxygen atoms in total. The van der Waals surface area contributed by atoms with Gasteiger partial charge in [0, 0.05) is 25.5 Å². The summed E-state index contributed by atoms with van der Waals surface area (Å²) in [6, 6.07) is 4.04. The van der Waals surface area contributed by atoms with Gasteiger partial charge < -0.3 is 10.6 Å². The van der Waals surface area contributed by atoms with Crippen molar-refractivity contribution in [2.24, 2.45) is 11.7 Å². The average Bonchev–Trinajstić information content (AvgIpc) is 2.47. The van der Waals surface area contributed by atoms with E-state index >= 15 is 0 Å². The zero-order chi connectivity index (χ0) is 13.1. The molecular weight excluding hydrogens is 238 g/mol. The maximum Gasteiger partial charge on any atom is 0.180 e. The summed E-state index contributed by atoms with van der Waals surface area (Å²) in [5, 5.41) is 0. The molecule has 5 heteroatoms. The van der Waals surface area contributed by atoms with Gasteiger partial charge in [-0.15, -0.1) is 0 Å². The summed E-state index contributed by atoms with van der Waals surface area (Å²) in [7, 11) is 0. The largest absolute Gasteiger partial charge is 0.356 e. The summed E-state index contributed by atoms with van der Waals surface area (Å²) >= 11 is 0. The minimum Gasteiger partial charge on any atom is -0.356 e. The molecule has 3 heterocycles. The van der Waals surface area contributed by atoms with Crippen molar-refractivity contribution in [2.75, 3.05) is 24.5 Å². The zero-order valence-electron chi connectivity index (χ0n) is 11.0. The molecule has 2 N–H and O–H groups in total. The molecule has 0 aliphatic carbocycles. The van der Waals surface area contributed by atoms with Crippen LogP contribution >= 0.6 is 0 Å². The van der Waals surface area contributed by atoms with E-state index in [1.807, 2.05) is 12.1 Å². The summed E-state index contributed by atoms with van der Waals surface area (Å²) in [5.74, 6) is 1.70. The maximum atomic E-state index is 5.67. The molecule has 2 aromatic heterocycles. The third-order valence-electron chi connectivity index (χ3n) is 3.73. The lowest BCUT2D eigenvalue weighted by Crippen LogP contribution is -2.36. The Kier molecular flexibility index (Phi) is 3.55. The Labute approximate surface area is 112 Å². The molecule has 0 bridgehead atoms. The van der Waals surface area contributed by atoms with Crippen molar-refractivity contribution in [1.29, 1.82) is 0 Å². The van der Waals surface area contributed by atoms with Crippen molar-refractivity contribution in [2.45, 2.75) is 19.3 Å². The third kappa shape index (κ3) is 2.66. The van der Waals surface area contributed by atoms with E-state index in [2.05, 4.69) is 19.9 Å². The van der Waals surface area contributed by atoms with E-state index in [1.54, 1.807) is 12.4 Å². The Hall–Kier alpha value is -1.75. The standard InChI is InChI=1S/C14H19N5/c15-6-5-11-2-1-9-19(10-11)13-4-3-12-14(18-13)17-8-7-16-12/h3-4,7-8,11H,1-2,5-6,9-10,15H2. The molecule has 0 aromatic carbocycles. The van der Waals surface area contributed by atoms with Gasteiger partial charge in [0.05, 0.1) is 0 Å². The van der Waals surface area contributed by atoms with Crippen molar-refractivity contribution in [3.63, 3.8) is 0 Å². The molecule has 0 radical (unpaired) electrons. The fraction of sp³-hybridized carbons (Fsp3) is 0.500. The topological polar surface area (TPSA) is 67.9 Å². The monoisotopic (exact) mass is 257 g/mol. The van der Waals surface area contributed by atoms with E-state index < -0.39 is 0 Å². The number of anilines is 1. The molecule has 1 aliphatic rings. The minimum atomic E-state index is 0.693. The lowest BCUT2D eigenvalue weighted by Gasteiger charge is -2.33. The summed E-state index contributed by atoms with van der Waals surface area (Å²) in [4.78, 5) is 15.5. The Morgan fingerprint density at radius 1 is 1.26 bits per heavy atom. The van der Waals surface area contributed by atoms with Crippen LogP contribution in [0.25, 0.3) is 11.2 Å². The molecular formula is C14H19N5. The Bertz CT molecular complexity index is 554. The average molecular weight is 257 g/mol. The first kappa shape index (κ1) is 12.3. The van der Waals surface area contributed by atoms with Crippen LogP contribution in [0.5, 0.6) is 0 Å². The van der Waals surface area contributed by atoms with Crippen LogP contribution in [-0.4, -0.2) is 34.6 Å². The maximum absolute atomic E-state index is 5.67. The molecule has 1 aliphatic heterocycles. The molecule has 1 saturated heterocycles. The molecule has 0 amide bonds. The first-order valence-electron chi connectivity index (χ1n) is 6.89. The quantitative estimate of drug-likeness (QED) is 0.904. The van der Waals surface area contributed by atoms with Gasteiger partial charge in [0.2, 0.25) is 0 Å². The number of piperidine rings is 1. The smallest absolute Gasteiger partial charge is 0.180 e. The first-order chi connectivity index (χ1) is 9.36. The Morgan fingerprint density at radius 3 is 3.05 bits per heavy atom. The van der Waals surface area contributed by atoms with Crippen LogP contribution in [0.15, 0.2) is 24.5 Å². The molecule has 1 fully saturated rings. The number of hydrogen-bond donors (Lipinski definition) is 1. The molecule has 1 atom stereocenters. The van der Waals surface area contributed by atoms with Crippen LogP contribution in [-0.2, 0) is 0 Å². The molecule has 19 heavy (non-hydrogen) atoms. The van der Waals surface area contributed by atoms with Gasteiger partial charge in [-0.3, -0.25) is 4.98 Å². The summed E-state index contributed by atoms with van der Waals surface area (Å²) in [6.45, 7) is 2.89.